The third-order valence-electron chi connectivity index (χ3n) is 4.82. The van der Waals surface area contributed by atoms with Gasteiger partial charge >= 0.3 is 0 Å². The molecule has 4 aromatic rings. The Balaban J connectivity index is 1.79. The molecule has 9 heteroatoms. The monoisotopic (exact) mass is 476 g/mol. The van der Waals surface area contributed by atoms with E-state index in [4.69, 9.17) is 16.1 Å². The molecule has 3 aromatic carbocycles. The average Bonchev–Trinajstić information content (AvgIpc) is 3.11. The second-order valence-corrected chi connectivity index (χ2v) is 9.27. The van der Waals surface area contributed by atoms with Crippen molar-refractivity contribution in [2.75, 3.05) is 7.11 Å². The molecule has 0 aliphatic carbocycles. The summed E-state index contributed by atoms with van der Waals surface area (Å²) < 4.78 is 47.4. The average molecular weight is 477 g/mol. The van der Waals surface area contributed by atoms with Crippen LogP contribution in [0.25, 0.3) is 10.9 Å². The lowest BCUT2D eigenvalue weighted by Crippen LogP contribution is -2.29. The molecule has 4 nitrogen and oxygen atoms in total. The number of hydrogen-bond donors (Lipinski definition) is 2. The Bertz CT molecular complexity index is 1290. The Morgan fingerprint density at radius 2 is 1.78 bits per heavy atom. The summed E-state index contributed by atoms with van der Waals surface area (Å²) in [5, 5.41) is 4.38. The van der Waals surface area contributed by atoms with E-state index in [0.29, 0.717) is 26.8 Å². The largest absolute Gasteiger partial charge is 0.353 e. The number of carbonyl (C=O) groups excluding carboxylic acids is 1. The summed E-state index contributed by atoms with van der Waals surface area (Å²) in [4.78, 5) is 16.1. The second kappa shape index (κ2) is 9.33. The smallest absolute Gasteiger partial charge is 0.268 e. The van der Waals surface area contributed by atoms with Crippen molar-refractivity contribution in [1.29, 1.82) is 0 Å². The van der Waals surface area contributed by atoms with Gasteiger partial charge in [-0.05, 0) is 36.4 Å². The summed E-state index contributed by atoms with van der Waals surface area (Å²) >= 11 is 6.17. The molecule has 0 aliphatic heterocycles. The first kappa shape index (κ1) is 22.3. The lowest BCUT2D eigenvalue weighted by Gasteiger charge is -2.17. The number of rotatable bonds is 6. The normalized spacial score (nSPS) is 12.2. The molecule has 0 spiro atoms. The number of benzene rings is 3. The Labute approximate surface area is 188 Å². The van der Waals surface area contributed by atoms with Crippen molar-refractivity contribution in [2.24, 2.45) is 0 Å². The molecule has 1 aromatic heterocycles. The summed E-state index contributed by atoms with van der Waals surface area (Å²) in [5.41, 5.74) is 1.07. The van der Waals surface area contributed by atoms with Gasteiger partial charge in [0.1, 0.15) is 23.1 Å². The molecule has 2 N–H and O–H groups in total. The third kappa shape index (κ3) is 4.51. The van der Waals surface area contributed by atoms with Gasteiger partial charge in [0.25, 0.3) is 5.91 Å². The van der Waals surface area contributed by atoms with Crippen LogP contribution >= 0.6 is 19.7 Å². The molecular formula is C23H17ClF3N2O2P. The molecule has 1 unspecified atom stereocenters. The van der Waals surface area contributed by atoms with Gasteiger partial charge in [0, 0.05) is 51.8 Å². The molecular weight excluding hydrogens is 460 g/mol. The van der Waals surface area contributed by atoms with Gasteiger partial charge in [-0.25, -0.2) is 13.2 Å². The Morgan fingerprint density at radius 1 is 1.06 bits per heavy atom. The van der Waals surface area contributed by atoms with Crippen LogP contribution in [0.4, 0.5) is 13.2 Å². The number of nitrogens with one attached hydrogen (secondary N) is 2. The fourth-order valence-corrected chi connectivity index (χ4v) is 5.48. The maximum absolute atomic E-state index is 14.0. The van der Waals surface area contributed by atoms with Crippen LogP contribution in [-0.4, -0.2) is 18.0 Å². The van der Waals surface area contributed by atoms with Crippen LogP contribution in [0.2, 0.25) is 5.02 Å². The number of carbonyl (C=O) groups is 1. The molecule has 164 valence electrons. The Morgan fingerprint density at radius 3 is 2.47 bits per heavy atom. The van der Waals surface area contributed by atoms with Gasteiger partial charge in [-0.3, -0.25) is 4.79 Å². The highest BCUT2D eigenvalue weighted by atomic mass is 35.5. The number of aromatic amines is 1. The van der Waals surface area contributed by atoms with E-state index in [1.807, 2.05) is 0 Å². The first-order valence-corrected chi connectivity index (χ1v) is 11.1. The van der Waals surface area contributed by atoms with Crippen molar-refractivity contribution in [3.8, 4) is 0 Å². The minimum absolute atomic E-state index is 0.0411. The van der Waals surface area contributed by atoms with E-state index >= 15 is 0 Å². The summed E-state index contributed by atoms with van der Waals surface area (Å²) in [5.74, 6) is -2.47. The van der Waals surface area contributed by atoms with Crippen LogP contribution in [0.5, 0.6) is 0 Å². The molecule has 0 bridgehead atoms. The summed E-state index contributed by atoms with van der Waals surface area (Å²) in [6.07, 6.45) is 0. The zero-order chi connectivity index (χ0) is 22.8. The van der Waals surface area contributed by atoms with Gasteiger partial charge in [0.2, 0.25) is 0 Å². The third-order valence-corrected chi connectivity index (χ3v) is 7.02. The van der Waals surface area contributed by atoms with Gasteiger partial charge in [-0.1, -0.05) is 29.8 Å². The summed E-state index contributed by atoms with van der Waals surface area (Å²) in [6.45, 7) is -0.0411. The van der Waals surface area contributed by atoms with E-state index < -0.39 is 31.5 Å². The van der Waals surface area contributed by atoms with Gasteiger partial charge in [0.15, 0.2) is 0 Å². The van der Waals surface area contributed by atoms with Crippen LogP contribution in [0, 0.1) is 17.5 Å². The Kier molecular flexibility index (Phi) is 6.51. The van der Waals surface area contributed by atoms with Crippen LogP contribution in [0.3, 0.4) is 0 Å². The lowest BCUT2D eigenvalue weighted by molar-refractivity contribution is 0.0947. The molecule has 0 fully saturated rings. The van der Waals surface area contributed by atoms with Crippen molar-refractivity contribution >= 4 is 47.2 Å². The van der Waals surface area contributed by atoms with Crippen LogP contribution < -0.4 is 15.9 Å². The molecule has 32 heavy (non-hydrogen) atoms. The molecule has 1 atom stereocenters. The van der Waals surface area contributed by atoms with E-state index in [-0.39, 0.29) is 17.5 Å². The van der Waals surface area contributed by atoms with Gasteiger partial charge in [0.05, 0.1) is 8.15 Å². The minimum atomic E-state index is -1.79. The number of H-pyrrole nitrogens is 1. The van der Waals surface area contributed by atoms with Crippen LogP contribution in [0.1, 0.15) is 16.1 Å². The molecule has 4 rings (SSSR count). The topological polar surface area (TPSA) is 54.1 Å². The van der Waals surface area contributed by atoms with Gasteiger partial charge in [-0.2, -0.15) is 0 Å². The van der Waals surface area contributed by atoms with Gasteiger partial charge in [-0.15, -0.1) is 0 Å². The standard InChI is InChI=1S/C23H17ClF3N2O2P/c1-31-32(17-10-15(25)9-16(26)11-17)22-18-8-14(24)6-7-20(18)29-21(22)23(30)28-12-13-4-2-3-5-19(13)27/h2-11,29H,12H2,1H3,(H,28,30). The number of halogens is 4. The first-order valence-electron chi connectivity index (χ1n) is 9.50. The predicted octanol–water partition coefficient (Wildman–Crippen LogP) is 5.16. The highest BCUT2D eigenvalue weighted by molar-refractivity contribution is 7.69. The van der Waals surface area contributed by atoms with Crippen LogP contribution in [-0.2, 0) is 11.1 Å². The minimum Gasteiger partial charge on any atom is -0.353 e. The highest BCUT2D eigenvalue weighted by Gasteiger charge is 2.27. The Hall–Kier alpha value is -2.86. The van der Waals surface area contributed by atoms with Crippen LogP contribution in [0.15, 0.2) is 60.7 Å². The van der Waals surface area contributed by atoms with E-state index in [2.05, 4.69) is 10.3 Å². The maximum atomic E-state index is 14.0. The zero-order valence-corrected chi connectivity index (χ0v) is 18.4. The molecule has 0 saturated carbocycles. The number of amides is 1. The quantitative estimate of drug-likeness (QED) is 0.378. The molecule has 1 heterocycles. The predicted molar refractivity (Wildman–Crippen MR) is 120 cm³/mol. The van der Waals surface area contributed by atoms with Crippen molar-refractivity contribution in [1.82, 2.24) is 10.3 Å². The maximum Gasteiger partial charge on any atom is 0.268 e. The molecule has 0 aliphatic rings. The number of aromatic nitrogens is 1. The van der Waals surface area contributed by atoms with E-state index in [1.165, 1.54) is 25.3 Å². The zero-order valence-electron chi connectivity index (χ0n) is 16.8. The molecule has 1 amide bonds. The first-order chi connectivity index (χ1) is 15.4. The molecule has 0 radical (unpaired) electrons. The summed E-state index contributed by atoms with van der Waals surface area (Å²) in [7, 11) is -0.384. The SMILES string of the molecule is COP(c1cc(F)cc(F)c1)c1c(C(=O)NCc2ccccc2F)[nH]c2ccc(Cl)cc12. The fourth-order valence-electron chi connectivity index (χ4n) is 3.41. The number of hydrogen-bond acceptors (Lipinski definition) is 2. The molecule has 0 saturated heterocycles. The second-order valence-electron chi connectivity index (χ2n) is 6.92. The number of fused-ring (bicyclic) bond motifs is 1. The van der Waals surface area contributed by atoms with E-state index in [0.717, 1.165) is 6.07 Å². The summed E-state index contributed by atoms with van der Waals surface area (Å²) in [6, 6.07) is 14.2. The van der Waals surface area contributed by atoms with Gasteiger partial charge < -0.3 is 14.8 Å². The van der Waals surface area contributed by atoms with Crippen molar-refractivity contribution in [3.05, 3.63) is 94.4 Å². The van der Waals surface area contributed by atoms with E-state index in [1.54, 1.807) is 36.4 Å². The fraction of sp³-hybridized carbons (Fsp3) is 0.0870. The van der Waals surface area contributed by atoms with Crippen molar-refractivity contribution < 1.29 is 22.5 Å². The van der Waals surface area contributed by atoms with E-state index in [9.17, 15) is 18.0 Å². The highest BCUT2D eigenvalue weighted by Crippen LogP contribution is 2.39. The van der Waals surface area contributed by atoms with Crippen molar-refractivity contribution in [3.63, 3.8) is 0 Å². The van der Waals surface area contributed by atoms with Crippen molar-refractivity contribution in [2.45, 2.75) is 6.54 Å². The lowest BCUT2D eigenvalue weighted by atomic mass is 10.2.